The van der Waals surface area contributed by atoms with Crippen molar-refractivity contribution in [3.05, 3.63) is 29.3 Å². The van der Waals surface area contributed by atoms with Crippen molar-refractivity contribution in [2.45, 2.75) is 38.2 Å². The molecule has 2 heterocycles. The number of hydrogen-bond donors (Lipinski definition) is 2. The Hall–Kier alpha value is -1.88. The van der Waals surface area contributed by atoms with Gasteiger partial charge in [-0.15, -0.1) is 0 Å². The number of carbonyl (C=O) groups is 2. The van der Waals surface area contributed by atoms with Gasteiger partial charge in [-0.3, -0.25) is 9.59 Å². The number of likely N-dealkylation sites (tertiary alicyclic amines) is 1. The molecule has 1 spiro atoms. The Morgan fingerprint density at radius 3 is 2.86 bits per heavy atom. The Balaban J connectivity index is 1.57. The molecule has 2 amide bonds. The zero-order valence-corrected chi connectivity index (χ0v) is 12.5. The van der Waals surface area contributed by atoms with Crippen molar-refractivity contribution in [2.75, 3.05) is 18.4 Å². The fraction of sp³-hybridized carbons (Fsp3) is 0.529. The highest BCUT2D eigenvalue weighted by atomic mass is 16.3. The van der Waals surface area contributed by atoms with E-state index in [4.69, 9.17) is 0 Å². The van der Waals surface area contributed by atoms with Gasteiger partial charge in [0.2, 0.25) is 5.91 Å². The number of aliphatic hydroxyl groups is 1. The van der Waals surface area contributed by atoms with Crippen LogP contribution < -0.4 is 5.32 Å². The molecule has 2 aliphatic heterocycles. The van der Waals surface area contributed by atoms with Gasteiger partial charge in [0.15, 0.2) is 0 Å². The number of benzene rings is 1. The van der Waals surface area contributed by atoms with Crippen LogP contribution in [0, 0.1) is 5.41 Å². The van der Waals surface area contributed by atoms with E-state index in [2.05, 4.69) is 5.32 Å². The van der Waals surface area contributed by atoms with Crippen molar-refractivity contribution >= 4 is 17.5 Å². The third kappa shape index (κ3) is 2.20. The Morgan fingerprint density at radius 2 is 2.14 bits per heavy atom. The minimum Gasteiger partial charge on any atom is -0.391 e. The van der Waals surface area contributed by atoms with Crippen LogP contribution in [0.5, 0.6) is 0 Å². The number of aliphatic hydroxyl groups excluding tert-OH is 1. The summed E-state index contributed by atoms with van der Waals surface area (Å²) in [5.41, 5.74) is 2.48. The van der Waals surface area contributed by atoms with E-state index >= 15 is 0 Å². The van der Waals surface area contributed by atoms with Gasteiger partial charge in [-0.2, -0.15) is 0 Å². The molecule has 1 aromatic carbocycles. The van der Waals surface area contributed by atoms with Crippen LogP contribution in [0.2, 0.25) is 0 Å². The Bertz CT molecular complexity index is 651. The predicted octanol–water partition coefficient (Wildman–Crippen LogP) is 1.56. The quantitative estimate of drug-likeness (QED) is 0.827. The van der Waals surface area contributed by atoms with Crippen molar-refractivity contribution < 1.29 is 14.7 Å². The first-order valence-electron chi connectivity index (χ1n) is 7.98. The van der Waals surface area contributed by atoms with E-state index in [1.165, 1.54) is 0 Å². The normalized spacial score (nSPS) is 25.6. The maximum Gasteiger partial charge on any atom is 0.253 e. The number of nitrogens with one attached hydrogen (secondary N) is 1. The third-order valence-corrected chi connectivity index (χ3v) is 5.26. The number of rotatable bonds is 1. The summed E-state index contributed by atoms with van der Waals surface area (Å²) in [5.74, 6) is 0.0253. The molecule has 0 radical (unpaired) electrons. The van der Waals surface area contributed by atoms with Gasteiger partial charge in [0, 0.05) is 36.2 Å². The Kier molecular flexibility index (Phi) is 3.01. The number of carbonyl (C=O) groups excluding carboxylic acids is 2. The van der Waals surface area contributed by atoms with Crippen molar-refractivity contribution in [3.8, 4) is 0 Å². The molecule has 1 saturated carbocycles. The molecule has 1 aromatic rings. The van der Waals surface area contributed by atoms with Gasteiger partial charge in [0.1, 0.15) is 0 Å². The highest BCUT2D eigenvalue weighted by Gasteiger charge is 2.55. The van der Waals surface area contributed by atoms with Crippen LogP contribution in [0.15, 0.2) is 18.2 Å². The molecule has 1 saturated heterocycles. The second-order valence-corrected chi connectivity index (χ2v) is 6.84. The number of aryl methyl sites for hydroxylation is 1. The molecule has 2 fully saturated rings. The van der Waals surface area contributed by atoms with E-state index in [1.807, 2.05) is 12.1 Å². The van der Waals surface area contributed by atoms with Gasteiger partial charge < -0.3 is 15.3 Å². The summed E-state index contributed by atoms with van der Waals surface area (Å²) in [7, 11) is 0. The molecule has 116 valence electrons. The zero-order valence-electron chi connectivity index (χ0n) is 12.5. The van der Waals surface area contributed by atoms with Crippen LogP contribution in [0.1, 0.15) is 41.6 Å². The van der Waals surface area contributed by atoms with Gasteiger partial charge in [0.25, 0.3) is 5.91 Å². The summed E-state index contributed by atoms with van der Waals surface area (Å²) < 4.78 is 0. The second kappa shape index (κ2) is 4.81. The van der Waals surface area contributed by atoms with Crippen molar-refractivity contribution in [3.63, 3.8) is 0 Å². The number of hydrogen-bond acceptors (Lipinski definition) is 3. The number of anilines is 1. The van der Waals surface area contributed by atoms with Gasteiger partial charge >= 0.3 is 0 Å². The molecule has 5 heteroatoms. The molecule has 2 N–H and O–H groups in total. The average molecular weight is 300 g/mol. The zero-order chi connectivity index (χ0) is 15.3. The topological polar surface area (TPSA) is 69.6 Å². The van der Waals surface area contributed by atoms with Gasteiger partial charge in [-0.05, 0) is 49.4 Å². The lowest BCUT2D eigenvalue weighted by Crippen LogP contribution is -2.29. The number of nitrogens with zero attached hydrogens (tertiary/aromatic N) is 1. The second-order valence-electron chi connectivity index (χ2n) is 6.84. The first-order chi connectivity index (χ1) is 10.6. The van der Waals surface area contributed by atoms with E-state index in [-0.39, 0.29) is 23.3 Å². The van der Waals surface area contributed by atoms with Crippen molar-refractivity contribution in [1.29, 1.82) is 0 Å². The lowest BCUT2D eigenvalue weighted by atomic mass is 10.0. The minimum absolute atomic E-state index is 0.0128. The van der Waals surface area contributed by atoms with E-state index in [0.717, 1.165) is 36.9 Å². The first kappa shape index (κ1) is 13.8. The minimum atomic E-state index is -0.378. The summed E-state index contributed by atoms with van der Waals surface area (Å²) in [5, 5.41) is 13.0. The van der Waals surface area contributed by atoms with E-state index in [0.29, 0.717) is 25.1 Å². The lowest BCUT2D eigenvalue weighted by molar-refractivity contribution is -0.116. The number of β-amino-alcohol motifs (C(OH)–C–C–N with tert-alkyl or cyclic N) is 1. The molecule has 5 nitrogen and oxygen atoms in total. The number of amides is 2. The first-order valence-corrected chi connectivity index (χ1v) is 7.98. The highest BCUT2D eigenvalue weighted by molar-refractivity contribution is 5.97. The lowest BCUT2D eigenvalue weighted by Gasteiger charge is -2.17. The molecule has 1 unspecified atom stereocenters. The smallest absolute Gasteiger partial charge is 0.253 e. The largest absolute Gasteiger partial charge is 0.391 e. The SMILES string of the molecule is O=C1CCCc2cc(C(=O)N3CC(O)C4(CC4)C3)ccc2N1. The third-order valence-electron chi connectivity index (χ3n) is 5.26. The number of fused-ring (bicyclic) bond motifs is 1. The maximum absolute atomic E-state index is 12.7. The predicted molar refractivity (Wildman–Crippen MR) is 81.6 cm³/mol. The van der Waals surface area contributed by atoms with Crippen LogP contribution in [0.3, 0.4) is 0 Å². The molecular weight excluding hydrogens is 280 g/mol. The summed E-state index contributed by atoms with van der Waals surface area (Å²) in [6, 6.07) is 5.50. The monoisotopic (exact) mass is 300 g/mol. The highest BCUT2D eigenvalue weighted by Crippen LogP contribution is 2.52. The molecule has 0 bridgehead atoms. The average Bonchev–Trinajstić information content (AvgIpc) is 3.23. The van der Waals surface area contributed by atoms with E-state index < -0.39 is 0 Å². The molecule has 1 atom stereocenters. The Morgan fingerprint density at radius 1 is 1.32 bits per heavy atom. The van der Waals surface area contributed by atoms with Crippen LogP contribution in [0.25, 0.3) is 0 Å². The van der Waals surface area contributed by atoms with Crippen LogP contribution >= 0.6 is 0 Å². The molecule has 1 aliphatic carbocycles. The standard InChI is InChI=1S/C17H20N2O3/c20-14-9-19(10-17(14)6-7-17)16(22)12-4-5-13-11(8-12)2-1-3-15(21)18-13/h4-5,8,14,20H,1-3,6-7,9-10H2,(H,18,21). The van der Waals surface area contributed by atoms with Crippen molar-refractivity contribution in [2.24, 2.45) is 5.41 Å². The van der Waals surface area contributed by atoms with E-state index in [1.54, 1.807) is 11.0 Å². The summed E-state index contributed by atoms with van der Waals surface area (Å²) >= 11 is 0. The summed E-state index contributed by atoms with van der Waals surface area (Å²) in [6.45, 7) is 1.10. The van der Waals surface area contributed by atoms with Gasteiger partial charge in [0.05, 0.1) is 6.10 Å². The van der Waals surface area contributed by atoms with Gasteiger partial charge in [-0.1, -0.05) is 0 Å². The maximum atomic E-state index is 12.7. The molecule has 4 rings (SSSR count). The Labute approximate surface area is 129 Å². The van der Waals surface area contributed by atoms with Crippen LogP contribution in [-0.2, 0) is 11.2 Å². The fourth-order valence-electron chi connectivity index (χ4n) is 3.65. The van der Waals surface area contributed by atoms with Crippen molar-refractivity contribution in [1.82, 2.24) is 4.90 Å². The van der Waals surface area contributed by atoms with Crippen LogP contribution in [0.4, 0.5) is 5.69 Å². The molecular formula is C17H20N2O3. The molecule has 0 aromatic heterocycles. The van der Waals surface area contributed by atoms with Crippen LogP contribution in [-0.4, -0.2) is 41.0 Å². The molecule has 22 heavy (non-hydrogen) atoms. The van der Waals surface area contributed by atoms with E-state index in [9.17, 15) is 14.7 Å². The van der Waals surface area contributed by atoms with Gasteiger partial charge in [-0.25, -0.2) is 0 Å². The fourth-order valence-corrected chi connectivity index (χ4v) is 3.65. The summed E-state index contributed by atoms with van der Waals surface area (Å²) in [6.07, 6.45) is 3.81. The molecule has 3 aliphatic rings. The summed E-state index contributed by atoms with van der Waals surface area (Å²) in [4.78, 5) is 26.0.